The predicted molar refractivity (Wildman–Crippen MR) is 117 cm³/mol. The molecule has 0 bridgehead atoms. The van der Waals surface area contributed by atoms with E-state index < -0.39 is 10.8 Å². The van der Waals surface area contributed by atoms with Crippen molar-refractivity contribution >= 4 is 46.2 Å². The number of hydrogen-bond acceptors (Lipinski definition) is 5. The van der Waals surface area contributed by atoms with Crippen molar-refractivity contribution in [2.75, 3.05) is 28.6 Å². The third-order valence-corrected chi connectivity index (χ3v) is 5.28. The first kappa shape index (κ1) is 21.6. The van der Waals surface area contributed by atoms with E-state index in [2.05, 4.69) is 10.6 Å². The molecule has 9 heteroatoms. The third-order valence-electron chi connectivity index (χ3n) is 4.95. The summed E-state index contributed by atoms with van der Waals surface area (Å²) in [4.78, 5) is 37.4. The van der Waals surface area contributed by atoms with Gasteiger partial charge in [0.2, 0.25) is 5.91 Å². The summed E-state index contributed by atoms with van der Waals surface area (Å²) in [6.45, 7) is 3.25. The molecule has 0 spiro atoms. The molecule has 0 atom stereocenters. The number of nitrogens with one attached hydrogen (secondary N) is 2. The van der Waals surface area contributed by atoms with E-state index in [-0.39, 0.29) is 22.2 Å². The minimum absolute atomic E-state index is 0.0976. The number of nitro benzene ring substituents is 1. The first-order valence-corrected chi connectivity index (χ1v) is 10.2. The largest absolute Gasteiger partial charge is 0.366 e. The highest BCUT2D eigenvalue weighted by Gasteiger charge is 2.23. The fraction of sp³-hybridized carbons (Fsp3) is 0.333. The van der Waals surface area contributed by atoms with Gasteiger partial charge in [0.15, 0.2) is 0 Å². The molecule has 2 aromatic rings. The number of amides is 2. The van der Waals surface area contributed by atoms with Crippen molar-refractivity contribution in [1.82, 2.24) is 0 Å². The number of carbonyl (C=O) groups excluding carboxylic acids is 2. The summed E-state index contributed by atoms with van der Waals surface area (Å²) >= 11 is 6.16. The molecule has 30 heavy (non-hydrogen) atoms. The summed E-state index contributed by atoms with van der Waals surface area (Å²) in [5, 5.41) is 17.3. The van der Waals surface area contributed by atoms with E-state index in [1.807, 2.05) is 4.90 Å². The smallest absolute Gasteiger partial charge is 0.293 e. The van der Waals surface area contributed by atoms with Gasteiger partial charge in [0.05, 0.1) is 15.6 Å². The lowest BCUT2D eigenvalue weighted by Gasteiger charge is -2.28. The summed E-state index contributed by atoms with van der Waals surface area (Å²) in [5.74, 6) is -0.692. The summed E-state index contributed by atoms with van der Waals surface area (Å²) in [7, 11) is 0. The number of halogens is 1. The van der Waals surface area contributed by atoms with Gasteiger partial charge in [0, 0.05) is 36.8 Å². The van der Waals surface area contributed by atoms with Crippen LogP contribution in [-0.2, 0) is 4.79 Å². The molecule has 2 N–H and O–H groups in total. The van der Waals surface area contributed by atoms with Gasteiger partial charge < -0.3 is 15.5 Å². The van der Waals surface area contributed by atoms with Gasteiger partial charge in [-0.2, -0.15) is 0 Å². The van der Waals surface area contributed by atoms with Gasteiger partial charge in [-0.25, -0.2) is 0 Å². The number of hydrogen-bond donors (Lipinski definition) is 2. The number of benzene rings is 2. The van der Waals surface area contributed by atoms with Crippen LogP contribution in [0.1, 0.15) is 43.0 Å². The molecule has 0 unspecified atom stereocenters. The Bertz CT molecular complexity index is 973. The van der Waals surface area contributed by atoms with Crippen LogP contribution in [0.2, 0.25) is 5.02 Å². The minimum atomic E-state index is -0.524. The molecule has 1 saturated heterocycles. The molecular formula is C21H23ClN4O4. The quantitative estimate of drug-likeness (QED) is 0.504. The average molecular weight is 431 g/mol. The Hall–Kier alpha value is -3.13. The van der Waals surface area contributed by atoms with Gasteiger partial charge in [0.1, 0.15) is 5.69 Å². The summed E-state index contributed by atoms with van der Waals surface area (Å²) in [5.41, 5.74) is 1.38. The van der Waals surface area contributed by atoms with Crippen molar-refractivity contribution in [3.8, 4) is 0 Å². The summed E-state index contributed by atoms with van der Waals surface area (Å²) in [6.07, 6.45) is 3.41. The van der Waals surface area contributed by atoms with E-state index in [1.165, 1.54) is 6.07 Å². The topological polar surface area (TPSA) is 105 Å². The summed E-state index contributed by atoms with van der Waals surface area (Å²) in [6, 6.07) is 9.22. The number of rotatable bonds is 6. The van der Waals surface area contributed by atoms with Crippen LogP contribution < -0.4 is 15.5 Å². The van der Waals surface area contributed by atoms with Crippen LogP contribution in [0.4, 0.5) is 22.7 Å². The van der Waals surface area contributed by atoms with Gasteiger partial charge in [-0.05, 0) is 49.6 Å². The molecule has 2 aromatic carbocycles. The molecule has 0 radical (unpaired) electrons. The third kappa shape index (κ3) is 5.07. The SMILES string of the molecule is CCC(=O)Nc1ccc(Cl)c(NC(=O)c2ccc(N3CCCCC3)c([N+](=O)[O-])c2)c1. The van der Waals surface area contributed by atoms with Crippen LogP contribution in [-0.4, -0.2) is 29.8 Å². The van der Waals surface area contributed by atoms with Crippen molar-refractivity contribution in [3.05, 3.63) is 57.1 Å². The van der Waals surface area contributed by atoms with Crippen molar-refractivity contribution in [1.29, 1.82) is 0 Å². The second kappa shape index (κ2) is 9.58. The molecule has 8 nitrogen and oxygen atoms in total. The van der Waals surface area contributed by atoms with Gasteiger partial charge in [-0.15, -0.1) is 0 Å². The first-order valence-electron chi connectivity index (χ1n) is 9.83. The average Bonchev–Trinajstić information content (AvgIpc) is 2.76. The zero-order valence-electron chi connectivity index (χ0n) is 16.6. The number of nitro groups is 1. The van der Waals surface area contributed by atoms with E-state index in [0.717, 1.165) is 32.4 Å². The molecule has 3 rings (SSSR count). The maximum absolute atomic E-state index is 12.7. The van der Waals surface area contributed by atoms with Gasteiger partial charge >= 0.3 is 0 Å². The highest BCUT2D eigenvalue weighted by atomic mass is 35.5. The molecule has 2 amide bonds. The van der Waals surface area contributed by atoms with Gasteiger partial charge in [-0.3, -0.25) is 19.7 Å². The van der Waals surface area contributed by atoms with Crippen molar-refractivity contribution in [2.24, 2.45) is 0 Å². The van der Waals surface area contributed by atoms with Crippen molar-refractivity contribution < 1.29 is 14.5 Å². The van der Waals surface area contributed by atoms with E-state index in [1.54, 1.807) is 37.3 Å². The predicted octanol–water partition coefficient (Wildman–Crippen LogP) is 4.84. The van der Waals surface area contributed by atoms with Crippen molar-refractivity contribution in [2.45, 2.75) is 32.6 Å². The van der Waals surface area contributed by atoms with E-state index in [0.29, 0.717) is 23.5 Å². The monoisotopic (exact) mass is 430 g/mol. The Morgan fingerprint density at radius 1 is 1.10 bits per heavy atom. The molecule has 158 valence electrons. The zero-order chi connectivity index (χ0) is 21.7. The summed E-state index contributed by atoms with van der Waals surface area (Å²) < 4.78 is 0. The Balaban J connectivity index is 1.83. The van der Waals surface area contributed by atoms with Crippen LogP contribution in [0.5, 0.6) is 0 Å². The highest BCUT2D eigenvalue weighted by molar-refractivity contribution is 6.34. The molecule has 0 aromatic heterocycles. The Kier molecular flexibility index (Phi) is 6.89. The Morgan fingerprint density at radius 3 is 2.50 bits per heavy atom. The second-order valence-corrected chi connectivity index (χ2v) is 7.47. The lowest BCUT2D eigenvalue weighted by atomic mass is 10.1. The van der Waals surface area contributed by atoms with Gasteiger partial charge in [-0.1, -0.05) is 18.5 Å². The molecule has 1 fully saturated rings. The second-order valence-electron chi connectivity index (χ2n) is 7.06. The number of carbonyl (C=O) groups is 2. The van der Waals surface area contributed by atoms with E-state index in [9.17, 15) is 19.7 Å². The number of nitrogens with zero attached hydrogens (tertiary/aromatic N) is 2. The number of anilines is 3. The van der Waals surface area contributed by atoms with Crippen LogP contribution in [0, 0.1) is 10.1 Å². The van der Waals surface area contributed by atoms with E-state index >= 15 is 0 Å². The fourth-order valence-electron chi connectivity index (χ4n) is 3.36. The lowest BCUT2D eigenvalue weighted by Crippen LogP contribution is -2.30. The fourth-order valence-corrected chi connectivity index (χ4v) is 3.52. The van der Waals surface area contributed by atoms with Gasteiger partial charge in [0.25, 0.3) is 11.6 Å². The van der Waals surface area contributed by atoms with Crippen molar-refractivity contribution in [3.63, 3.8) is 0 Å². The normalized spacial score (nSPS) is 13.6. The van der Waals surface area contributed by atoms with Crippen LogP contribution in [0.25, 0.3) is 0 Å². The van der Waals surface area contributed by atoms with Crippen LogP contribution >= 0.6 is 11.6 Å². The molecule has 1 aliphatic heterocycles. The Morgan fingerprint density at radius 2 is 1.83 bits per heavy atom. The standard InChI is InChI=1S/C21H23ClN4O4/c1-2-20(27)23-15-7-8-16(22)17(13-15)24-21(28)14-6-9-18(19(12-14)26(29)30)25-10-4-3-5-11-25/h6-9,12-13H,2-5,10-11H2,1H3,(H,23,27)(H,24,28). The maximum atomic E-state index is 12.7. The van der Waals surface area contributed by atoms with E-state index in [4.69, 9.17) is 11.6 Å². The Labute approximate surface area is 179 Å². The minimum Gasteiger partial charge on any atom is -0.366 e. The highest BCUT2D eigenvalue weighted by Crippen LogP contribution is 2.32. The molecule has 0 aliphatic carbocycles. The first-order chi connectivity index (χ1) is 14.4. The zero-order valence-corrected chi connectivity index (χ0v) is 17.4. The molecule has 1 heterocycles. The molecule has 1 aliphatic rings. The lowest BCUT2D eigenvalue weighted by molar-refractivity contribution is -0.384. The molecule has 0 saturated carbocycles. The molecular weight excluding hydrogens is 408 g/mol. The van der Waals surface area contributed by atoms with Crippen LogP contribution in [0.3, 0.4) is 0 Å². The van der Waals surface area contributed by atoms with Crippen LogP contribution in [0.15, 0.2) is 36.4 Å². The maximum Gasteiger partial charge on any atom is 0.293 e. The number of piperidine rings is 1.